The van der Waals surface area contributed by atoms with Crippen molar-refractivity contribution in [2.45, 2.75) is 18.8 Å². The van der Waals surface area contributed by atoms with Crippen LogP contribution in [0.2, 0.25) is 0 Å². The molecule has 1 unspecified atom stereocenters. The third-order valence-corrected chi connectivity index (χ3v) is 2.73. The highest BCUT2D eigenvalue weighted by atomic mass is 16.5. The van der Waals surface area contributed by atoms with Gasteiger partial charge in [0.1, 0.15) is 0 Å². The normalized spacial score (nSPS) is 12.6. The van der Waals surface area contributed by atoms with Gasteiger partial charge >= 0.3 is 5.97 Å². The van der Waals surface area contributed by atoms with Crippen LogP contribution in [0.15, 0.2) is 35.4 Å². The molecule has 0 heterocycles. The molecule has 1 aromatic carbocycles. The van der Waals surface area contributed by atoms with Crippen molar-refractivity contribution in [1.82, 2.24) is 0 Å². The van der Waals surface area contributed by atoms with E-state index in [1.54, 1.807) is 37.3 Å². The third-order valence-electron chi connectivity index (χ3n) is 2.73. The van der Waals surface area contributed by atoms with Crippen LogP contribution < -0.4 is 0 Å². The number of nitrogens with zero attached hydrogens (tertiary/aromatic N) is 4. The quantitative estimate of drug-likeness (QED) is 0.339. The molecule has 0 aliphatic carbocycles. The average molecular weight is 258 g/mol. The molecule has 0 aliphatic heterocycles. The van der Waals surface area contributed by atoms with Gasteiger partial charge in [0.05, 0.1) is 12.7 Å². The molecule has 6 nitrogen and oxygen atoms in total. The molecule has 1 atom stereocenters. The molecule has 0 fully saturated rings. The lowest BCUT2D eigenvalue weighted by molar-refractivity contribution is -0.148. The van der Waals surface area contributed by atoms with Gasteiger partial charge < -0.3 is 4.74 Å². The summed E-state index contributed by atoms with van der Waals surface area (Å²) < 4.78 is 4.99. The largest absolute Gasteiger partial charge is 0.465 e. The molecule has 0 N–H and O–H groups in total. The Kier molecular flexibility index (Phi) is 5.39. The van der Waals surface area contributed by atoms with Gasteiger partial charge in [-0.15, -0.1) is 0 Å². The molecule has 0 bridgehead atoms. The summed E-state index contributed by atoms with van der Waals surface area (Å²) in [6.07, 6.45) is 0.0937. The van der Waals surface area contributed by atoms with Crippen LogP contribution in [0.25, 0.3) is 10.4 Å². The van der Waals surface area contributed by atoms with Gasteiger partial charge in [-0.25, -0.2) is 4.79 Å². The highest BCUT2D eigenvalue weighted by Gasteiger charge is 2.41. The number of rotatable bonds is 6. The van der Waals surface area contributed by atoms with Gasteiger partial charge in [-0.2, -0.15) is 5.26 Å². The monoisotopic (exact) mass is 258 g/mol. The number of nitriles is 1. The summed E-state index contributed by atoms with van der Waals surface area (Å²) >= 11 is 0. The van der Waals surface area contributed by atoms with E-state index in [2.05, 4.69) is 10.0 Å². The molecule has 19 heavy (non-hydrogen) atoms. The number of hydrogen-bond donors (Lipinski definition) is 0. The Morgan fingerprint density at radius 1 is 1.53 bits per heavy atom. The van der Waals surface area contributed by atoms with E-state index in [-0.39, 0.29) is 19.6 Å². The SMILES string of the molecule is CCOC(=O)C(C#N)(CCN=[N+]=[N-])c1ccccc1. The topological polar surface area (TPSA) is 98.9 Å². The smallest absolute Gasteiger partial charge is 0.331 e. The molecule has 0 spiro atoms. The average Bonchev–Trinajstić information content (AvgIpc) is 2.45. The molecule has 1 aromatic rings. The van der Waals surface area contributed by atoms with Crippen LogP contribution in [0.5, 0.6) is 0 Å². The maximum atomic E-state index is 12.1. The van der Waals surface area contributed by atoms with E-state index in [9.17, 15) is 10.1 Å². The van der Waals surface area contributed by atoms with Crippen molar-refractivity contribution in [1.29, 1.82) is 5.26 Å². The van der Waals surface area contributed by atoms with Gasteiger partial charge in [0.2, 0.25) is 0 Å². The standard InChI is InChI=1S/C13H14N4O2/c1-2-19-12(18)13(10-14,8-9-16-17-15)11-6-4-3-5-7-11/h3-7H,2,8-9H2,1H3. The third kappa shape index (κ3) is 3.24. The van der Waals surface area contributed by atoms with Crippen LogP contribution in [0.4, 0.5) is 0 Å². The Morgan fingerprint density at radius 3 is 2.74 bits per heavy atom. The van der Waals surface area contributed by atoms with Crippen LogP contribution >= 0.6 is 0 Å². The van der Waals surface area contributed by atoms with E-state index in [0.717, 1.165) is 0 Å². The second-order valence-corrected chi connectivity index (χ2v) is 3.81. The van der Waals surface area contributed by atoms with Crippen molar-refractivity contribution >= 4 is 5.97 Å². The summed E-state index contributed by atoms with van der Waals surface area (Å²) in [6, 6.07) is 10.7. The number of carbonyl (C=O) groups excluding carboxylic acids is 1. The van der Waals surface area contributed by atoms with Crippen molar-refractivity contribution < 1.29 is 9.53 Å². The predicted molar refractivity (Wildman–Crippen MR) is 69.0 cm³/mol. The molecule has 0 radical (unpaired) electrons. The molecular formula is C13H14N4O2. The molecule has 98 valence electrons. The Morgan fingerprint density at radius 2 is 2.21 bits per heavy atom. The predicted octanol–water partition coefficient (Wildman–Crippen LogP) is 2.71. The maximum absolute atomic E-state index is 12.1. The fourth-order valence-corrected chi connectivity index (χ4v) is 1.77. The van der Waals surface area contributed by atoms with Gasteiger partial charge in [0.15, 0.2) is 5.41 Å². The van der Waals surface area contributed by atoms with Gasteiger partial charge in [-0.05, 0) is 24.4 Å². The van der Waals surface area contributed by atoms with E-state index in [0.29, 0.717) is 5.56 Å². The van der Waals surface area contributed by atoms with E-state index in [1.807, 2.05) is 6.07 Å². The molecule has 1 rings (SSSR count). The first kappa shape index (κ1) is 14.6. The van der Waals surface area contributed by atoms with Crippen molar-refractivity contribution in [3.8, 4) is 6.07 Å². The summed E-state index contributed by atoms with van der Waals surface area (Å²) in [5.41, 5.74) is 7.43. The zero-order valence-corrected chi connectivity index (χ0v) is 10.6. The maximum Gasteiger partial charge on any atom is 0.331 e. The molecule has 0 aromatic heterocycles. The highest BCUT2D eigenvalue weighted by Crippen LogP contribution is 2.29. The summed E-state index contributed by atoms with van der Waals surface area (Å²) in [5.74, 6) is -0.614. The Balaban J connectivity index is 3.18. The van der Waals surface area contributed by atoms with Gasteiger partial charge in [-0.1, -0.05) is 35.4 Å². The van der Waals surface area contributed by atoms with Crippen LogP contribution in [0.3, 0.4) is 0 Å². The van der Waals surface area contributed by atoms with E-state index in [4.69, 9.17) is 10.3 Å². The number of azide groups is 1. The molecule has 0 saturated carbocycles. The zero-order valence-electron chi connectivity index (χ0n) is 10.6. The Hall–Kier alpha value is -2.51. The van der Waals surface area contributed by atoms with E-state index >= 15 is 0 Å². The second-order valence-electron chi connectivity index (χ2n) is 3.81. The lowest BCUT2D eigenvalue weighted by Crippen LogP contribution is -2.37. The lowest BCUT2D eigenvalue weighted by atomic mass is 9.79. The molecule has 6 heteroatoms. The number of hydrogen-bond acceptors (Lipinski definition) is 4. The van der Waals surface area contributed by atoms with Crippen LogP contribution in [0, 0.1) is 11.3 Å². The fraction of sp³-hybridized carbons (Fsp3) is 0.385. The van der Waals surface area contributed by atoms with Crippen LogP contribution in [-0.4, -0.2) is 19.1 Å². The second kappa shape index (κ2) is 7.04. The van der Waals surface area contributed by atoms with E-state index < -0.39 is 11.4 Å². The lowest BCUT2D eigenvalue weighted by Gasteiger charge is -2.24. The summed E-state index contributed by atoms with van der Waals surface area (Å²) in [4.78, 5) is 14.7. The minimum atomic E-state index is -1.43. The fourth-order valence-electron chi connectivity index (χ4n) is 1.77. The minimum Gasteiger partial charge on any atom is -0.465 e. The first-order valence-electron chi connectivity index (χ1n) is 5.86. The van der Waals surface area contributed by atoms with Gasteiger partial charge in [-0.3, -0.25) is 0 Å². The van der Waals surface area contributed by atoms with Crippen molar-refractivity contribution in [2.24, 2.45) is 5.11 Å². The minimum absolute atomic E-state index is 0.0533. The van der Waals surface area contributed by atoms with Crippen LogP contribution in [-0.2, 0) is 14.9 Å². The molecular weight excluding hydrogens is 244 g/mol. The summed E-state index contributed by atoms with van der Waals surface area (Å²) in [6.45, 7) is 1.92. The number of esters is 1. The zero-order chi connectivity index (χ0) is 14.1. The first-order valence-corrected chi connectivity index (χ1v) is 5.86. The number of carbonyl (C=O) groups is 1. The summed E-state index contributed by atoms with van der Waals surface area (Å²) in [7, 11) is 0. The number of ether oxygens (including phenoxy) is 1. The van der Waals surface area contributed by atoms with Crippen molar-refractivity contribution in [3.05, 3.63) is 46.3 Å². The summed E-state index contributed by atoms with van der Waals surface area (Å²) in [5, 5.41) is 12.8. The highest BCUT2D eigenvalue weighted by molar-refractivity contribution is 5.86. The van der Waals surface area contributed by atoms with Crippen molar-refractivity contribution in [3.63, 3.8) is 0 Å². The molecule has 0 amide bonds. The Bertz CT molecular complexity index is 517. The van der Waals surface area contributed by atoms with Crippen LogP contribution in [0.1, 0.15) is 18.9 Å². The molecule has 0 saturated heterocycles. The van der Waals surface area contributed by atoms with E-state index in [1.165, 1.54) is 0 Å². The molecule has 0 aliphatic rings. The van der Waals surface area contributed by atoms with Gasteiger partial charge in [0.25, 0.3) is 0 Å². The number of benzene rings is 1. The van der Waals surface area contributed by atoms with Crippen molar-refractivity contribution in [2.75, 3.05) is 13.2 Å². The van der Waals surface area contributed by atoms with Gasteiger partial charge in [0, 0.05) is 11.5 Å². The first-order chi connectivity index (χ1) is 9.21. The Labute approximate surface area is 111 Å².